The Labute approximate surface area is 110 Å². The molecule has 3 N–H and O–H groups in total. The Morgan fingerprint density at radius 2 is 2.10 bits per heavy atom. The van der Waals surface area contributed by atoms with Crippen LogP contribution < -0.4 is 11.1 Å². The summed E-state index contributed by atoms with van der Waals surface area (Å²) in [5, 5.41) is 5.62. The first-order chi connectivity index (χ1) is 9.27. The van der Waals surface area contributed by atoms with Gasteiger partial charge in [-0.05, 0) is 25.1 Å². The van der Waals surface area contributed by atoms with Gasteiger partial charge in [0, 0.05) is 11.3 Å². The maximum absolute atomic E-state index is 12.7. The molecule has 0 saturated heterocycles. The van der Waals surface area contributed by atoms with E-state index in [-0.39, 0.29) is 17.4 Å². The third-order valence-electron chi connectivity index (χ3n) is 2.37. The van der Waals surface area contributed by atoms with Crippen LogP contribution in [0.3, 0.4) is 0 Å². The topological polar surface area (TPSA) is 94.0 Å². The summed E-state index contributed by atoms with van der Waals surface area (Å²) in [6.45, 7) is 1.53. The molecule has 0 bridgehead atoms. The molecule has 0 atom stereocenters. The lowest BCUT2D eigenvalue weighted by atomic mass is 10.1. The highest BCUT2D eigenvalue weighted by atomic mass is 19.4. The molecule has 1 heterocycles. The van der Waals surface area contributed by atoms with Crippen LogP contribution in [0.15, 0.2) is 22.7 Å². The average Bonchev–Trinajstić information content (AvgIpc) is 2.73. The number of hydrogen-bond acceptors (Lipinski definition) is 5. The standard InChI is InChI=1S/C11H9F3N4O2/c1-5-16-10(20-18-5)17-9(19)6-2-3-8(15)7(4-6)11(12,13)14/h2-4H,15H2,1H3,(H,16,17,18,19). The monoisotopic (exact) mass is 286 g/mol. The molecular weight excluding hydrogens is 277 g/mol. The second-order valence-corrected chi connectivity index (χ2v) is 3.90. The van der Waals surface area contributed by atoms with Gasteiger partial charge >= 0.3 is 12.2 Å². The minimum absolute atomic E-state index is 0.196. The molecule has 0 spiro atoms. The molecule has 0 aliphatic carbocycles. The Kier molecular flexibility index (Phi) is 3.35. The fourth-order valence-electron chi connectivity index (χ4n) is 1.46. The van der Waals surface area contributed by atoms with Crippen LogP contribution in [-0.2, 0) is 6.18 Å². The van der Waals surface area contributed by atoms with E-state index in [0.29, 0.717) is 6.07 Å². The van der Waals surface area contributed by atoms with Crippen LogP contribution in [0.1, 0.15) is 21.7 Å². The zero-order chi connectivity index (χ0) is 14.9. The smallest absolute Gasteiger partial charge is 0.398 e. The first-order valence-corrected chi connectivity index (χ1v) is 5.36. The van der Waals surface area contributed by atoms with Gasteiger partial charge in [0.15, 0.2) is 5.82 Å². The third kappa shape index (κ3) is 2.87. The van der Waals surface area contributed by atoms with Gasteiger partial charge in [-0.25, -0.2) is 0 Å². The first-order valence-electron chi connectivity index (χ1n) is 5.36. The van der Waals surface area contributed by atoms with Gasteiger partial charge in [0.2, 0.25) is 0 Å². The predicted octanol–water partition coefficient (Wildman–Crippen LogP) is 2.23. The maximum atomic E-state index is 12.7. The van der Waals surface area contributed by atoms with Crippen molar-refractivity contribution in [3.05, 3.63) is 35.2 Å². The summed E-state index contributed by atoms with van der Waals surface area (Å²) in [5.74, 6) is -0.521. The van der Waals surface area contributed by atoms with Gasteiger partial charge in [-0.2, -0.15) is 18.2 Å². The van der Waals surface area contributed by atoms with Crippen molar-refractivity contribution in [1.82, 2.24) is 10.1 Å². The molecule has 0 saturated carbocycles. The molecule has 0 radical (unpaired) electrons. The number of anilines is 2. The van der Waals surface area contributed by atoms with E-state index in [1.54, 1.807) is 0 Å². The van der Waals surface area contributed by atoms with Crippen LogP contribution in [-0.4, -0.2) is 16.0 Å². The Hall–Kier alpha value is -2.58. The van der Waals surface area contributed by atoms with E-state index in [9.17, 15) is 18.0 Å². The molecule has 0 unspecified atom stereocenters. The highest BCUT2D eigenvalue weighted by Crippen LogP contribution is 2.34. The lowest BCUT2D eigenvalue weighted by molar-refractivity contribution is -0.136. The summed E-state index contributed by atoms with van der Waals surface area (Å²) in [7, 11) is 0. The highest BCUT2D eigenvalue weighted by Gasteiger charge is 2.33. The number of carbonyl (C=O) groups excluding carboxylic acids is 1. The molecule has 2 rings (SSSR count). The van der Waals surface area contributed by atoms with Crippen molar-refractivity contribution in [1.29, 1.82) is 0 Å². The van der Waals surface area contributed by atoms with Gasteiger partial charge in [0.25, 0.3) is 5.91 Å². The van der Waals surface area contributed by atoms with E-state index in [1.165, 1.54) is 13.0 Å². The molecule has 20 heavy (non-hydrogen) atoms. The second kappa shape index (κ2) is 4.83. The number of nitrogens with two attached hydrogens (primary N) is 1. The van der Waals surface area contributed by atoms with Crippen LogP contribution in [0.5, 0.6) is 0 Å². The number of rotatable bonds is 2. The summed E-state index contributed by atoms with van der Waals surface area (Å²) in [6.07, 6.45) is -4.64. The molecular formula is C11H9F3N4O2. The van der Waals surface area contributed by atoms with Crippen LogP contribution in [0.25, 0.3) is 0 Å². The number of carbonyl (C=O) groups is 1. The van der Waals surface area contributed by atoms with E-state index < -0.39 is 23.3 Å². The zero-order valence-corrected chi connectivity index (χ0v) is 10.2. The van der Waals surface area contributed by atoms with Gasteiger partial charge < -0.3 is 10.3 Å². The Morgan fingerprint density at radius 1 is 1.40 bits per heavy atom. The molecule has 0 aliphatic heterocycles. The van der Waals surface area contributed by atoms with Crippen LogP contribution >= 0.6 is 0 Å². The average molecular weight is 286 g/mol. The normalized spacial score (nSPS) is 11.4. The van der Waals surface area contributed by atoms with Crippen molar-refractivity contribution in [2.45, 2.75) is 13.1 Å². The lowest BCUT2D eigenvalue weighted by Crippen LogP contribution is -2.15. The van der Waals surface area contributed by atoms with Crippen molar-refractivity contribution in [3.63, 3.8) is 0 Å². The molecule has 1 aromatic heterocycles. The van der Waals surface area contributed by atoms with Gasteiger partial charge in [-0.1, -0.05) is 5.16 Å². The summed E-state index contributed by atoms with van der Waals surface area (Å²) in [4.78, 5) is 15.5. The molecule has 6 nitrogen and oxygen atoms in total. The number of aromatic nitrogens is 2. The fourth-order valence-corrected chi connectivity index (χ4v) is 1.46. The predicted molar refractivity (Wildman–Crippen MR) is 62.8 cm³/mol. The number of benzene rings is 1. The van der Waals surface area contributed by atoms with E-state index in [4.69, 9.17) is 5.73 Å². The van der Waals surface area contributed by atoms with Crippen LogP contribution in [0, 0.1) is 6.92 Å². The minimum Gasteiger partial charge on any atom is -0.398 e. The molecule has 106 valence electrons. The first kappa shape index (κ1) is 13.8. The molecule has 9 heteroatoms. The molecule has 1 aromatic carbocycles. The molecule has 0 fully saturated rings. The SMILES string of the molecule is Cc1noc(NC(=O)c2ccc(N)c(C(F)(F)F)c2)n1. The van der Waals surface area contributed by atoms with Crippen molar-refractivity contribution in [2.24, 2.45) is 0 Å². The molecule has 0 aliphatic rings. The van der Waals surface area contributed by atoms with Crippen LogP contribution in [0.4, 0.5) is 24.9 Å². The number of nitrogens with zero attached hydrogens (tertiary/aromatic N) is 2. The summed E-state index contributed by atoms with van der Waals surface area (Å²) in [5.41, 5.74) is 3.49. The highest BCUT2D eigenvalue weighted by molar-refractivity contribution is 6.03. The van der Waals surface area contributed by atoms with Crippen molar-refractivity contribution < 1.29 is 22.5 Å². The fraction of sp³-hybridized carbons (Fsp3) is 0.182. The number of amides is 1. The Morgan fingerprint density at radius 3 is 2.65 bits per heavy atom. The van der Waals surface area contributed by atoms with E-state index in [1.807, 2.05) is 0 Å². The Bertz CT molecular complexity index is 651. The van der Waals surface area contributed by atoms with Crippen molar-refractivity contribution >= 4 is 17.6 Å². The summed E-state index contributed by atoms with van der Waals surface area (Å²) in [6, 6.07) is 2.64. The quantitative estimate of drug-likeness (QED) is 0.825. The van der Waals surface area contributed by atoms with Gasteiger partial charge in [-0.3, -0.25) is 10.1 Å². The van der Waals surface area contributed by atoms with E-state index in [0.717, 1.165) is 6.07 Å². The summed E-state index contributed by atoms with van der Waals surface area (Å²) < 4.78 is 42.6. The lowest BCUT2D eigenvalue weighted by Gasteiger charge is -2.11. The van der Waals surface area contributed by atoms with Gasteiger partial charge in [0.1, 0.15) is 0 Å². The largest absolute Gasteiger partial charge is 0.418 e. The number of halogens is 3. The number of hydrogen-bond donors (Lipinski definition) is 2. The maximum Gasteiger partial charge on any atom is 0.418 e. The third-order valence-corrected chi connectivity index (χ3v) is 2.37. The minimum atomic E-state index is -4.64. The number of nitrogen functional groups attached to an aromatic ring is 1. The Balaban J connectivity index is 2.27. The number of nitrogens with one attached hydrogen (secondary N) is 1. The zero-order valence-electron chi connectivity index (χ0n) is 10.2. The number of aryl methyl sites for hydroxylation is 1. The summed E-state index contributed by atoms with van der Waals surface area (Å²) >= 11 is 0. The van der Waals surface area contributed by atoms with E-state index in [2.05, 4.69) is 20.0 Å². The van der Waals surface area contributed by atoms with Crippen LogP contribution in [0.2, 0.25) is 0 Å². The van der Waals surface area contributed by atoms with Crippen molar-refractivity contribution in [3.8, 4) is 0 Å². The van der Waals surface area contributed by atoms with Gasteiger partial charge in [0.05, 0.1) is 5.56 Å². The van der Waals surface area contributed by atoms with Crippen molar-refractivity contribution in [2.75, 3.05) is 11.1 Å². The van der Waals surface area contributed by atoms with E-state index >= 15 is 0 Å². The molecule has 2 aromatic rings. The number of alkyl halides is 3. The van der Waals surface area contributed by atoms with Gasteiger partial charge in [-0.15, -0.1) is 0 Å². The second-order valence-electron chi connectivity index (χ2n) is 3.90. The molecule has 1 amide bonds.